The van der Waals surface area contributed by atoms with Crippen LogP contribution in [0.2, 0.25) is 5.02 Å². The zero-order chi connectivity index (χ0) is 24.3. The normalized spacial score (nSPS) is 11.4. The summed E-state index contributed by atoms with van der Waals surface area (Å²) in [6.07, 6.45) is -1.40. The number of amides is 1. The van der Waals surface area contributed by atoms with Crippen molar-refractivity contribution >= 4 is 23.3 Å². The summed E-state index contributed by atoms with van der Waals surface area (Å²) in [5, 5.41) is 11.1. The molecule has 1 N–H and O–H groups in total. The molecule has 0 aliphatic rings. The molecule has 7 nitrogen and oxygen atoms in total. The first-order chi connectivity index (χ1) is 16.2. The van der Waals surface area contributed by atoms with Crippen LogP contribution in [-0.4, -0.2) is 25.5 Å². The molecule has 0 saturated carbocycles. The van der Waals surface area contributed by atoms with Gasteiger partial charge in [0.15, 0.2) is 18.2 Å². The van der Waals surface area contributed by atoms with Gasteiger partial charge in [0.1, 0.15) is 11.6 Å². The first-order valence-corrected chi connectivity index (χ1v) is 10.2. The average molecular weight is 494 g/mol. The number of carbonyl (C=O) groups excluding carboxylic acids is 1. The fraction of sp³-hybridized carbons (Fsp3) is 0.136. The SMILES string of the molecule is O=C(Nc1ccn(Cc2ccc(F)cc2Cl)n1)c1ccn(COc2cccc(C(F)(F)F)c2)n1. The van der Waals surface area contributed by atoms with Crippen molar-refractivity contribution in [3.8, 4) is 5.75 Å². The Kier molecular flexibility index (Phi) is 6.55. The predicted molar refractivity (Wildman–Crippen MR) is 115 cm³/mol. The van der Waals surface area contributed by atoms with E-state index in [-0.39, 0.29) is 35.6 Å². The van der Waals surface area contributed by atoms with Crippen molar-refractivity contribution in [1.29, 1.82) is 0 Å². The van der Waals surface area contributed by atoms with Crippen LogP contribution in [0.25, 0.3) is 0 Å². The van der Waals surface area contributed by atoms with Gasteiger partial charge >= 0.3 is 6.18 Å². The summed E-state index contributed by atoms with van der Waals surface area (Å²) in [5.41, 5.74) is -0.112. The molecule has 176 valence electrons. The van der Waals surface area contributed by atoms with E-state index in [2.05, 4.69) is 15.5 Å². The van der Waals surface area contributed by atoms with Crippen LogP contribution in [0.4, 0.5) is 23.4 Å². The highest BCUT2D eigenvalue weighted by molar-refractivity contribution is 6.31. The molecule has 2 aromatic heterocycles. The molecule has 0 aliphatic heterocycles. The lowest BCUT2D eigenvalue weighted by Gasteiger charge is -2.10. The molecule has 12 heteroatoms. The molecule has 34 heavy (non-hydrogen) atoms. The van der Waals surface area contributed by atoms with Crippen molar-refractivity contribution in [2.24, 2.45) is 0 Å². The zero-order valence-electron chi connectivity index (χ0n) is 17.3. The Morgan fingerprint density at radius 2 is 1.82 bits per heavy atom. The van der Waals surface area contributed by atoms with E-state index in [1.807, 2.05) is 0 Å². The molecule has 0 bridgehead atoms. The molecule has 2 aromatic carbocycles. The third-order valence-corrected chi connectivity index (χ3v) is 4.98. The number of alkyl halides is 3. The van der Waals surface area contributed by atoms with Gasteiger partial charge < -0.3 is 10.1 Å². The number of ether oxygens (including phenoxy) is 1. The number of nitrogens with zero attached hydrogens (tertiary/aromatic N) is 4. The number of benzene rings is 2. The Morgan fingerprint density at radius 1 is 1.03 bits per heavy atom. The van der Waals surface area contributed by atoms with E-state index >= 15 is 0 Å². The Morgan fingerprint density at radius 3 is 2.59 bits per heavy atom. The first-order valence-electron chi connectivity index (χ1n) is 9.79. The van der Waals surface area contributed by atoms with Gasteiger partial charge in [-0.3, -0.25) is 9.48 Å². The maximum atomic E-state index is 13.2. The summed E-state index contributed by atoms with van der Waals surface area (Å²) in [6, 6.07) is 11.5. The zero-order valence-corrected chi connectivity index (χ0v) is 18.0. The van der Waals surface area contributed by atoms with E-state index < -0.39 is 23.5 Å². The molecule has 0 atom stereocenters. The largest absolute Gasteiger partial charge is 0.471 e. The quantitative estimate of drug-likeness (QED) is 0.358. The van der Waals surface area contributed by atoms with E-state index in [1.165, 1.54) is 45.9 Å². The van der Waals surface area contributed by atoms with E-state index in [0.717, 1.165) is 12.1 Å². The number of halogens is 5. The minimum Gasteiger partial charge on any atom is -0.471 e. The minimum absolute atomic E-state index is 0.0168. The van der Waals surface area contributed by atoms with Gasteiger partial charge in [-0.25, -0.2) is 9.07 Å². The Hall–Kier alpha value is -3.86. The van der Waals surface area contributed by atoms with Gasteiger partial charge in [0, 0.05) is 23.5 Å². The molecule has 2 heterocycles. The smallest absolute Gasteiger partial charge is 0.416 e. The maximum absolute atomic E-state index is 13.2. The van der Waals surface area contributed by atoms with Crippen LogP contribution in [-0.2, 0) is 19.5 Å². The van der Waals surface area contributed by atoms with Crippen molar-refractivity contribution in [2.45, 2.75) is 19.5 Å². The topological polar surface area (TPSA) is 74.0 Å². The summed E-state index contributed by atoms with van der Waals surface area (Å²) in [5.74, 6) is -0.703. The molecule has 0 radical (unpaired) electrons. The van der Waals surface area contributed by atoms with E-state index in [1.54, 1.807) is 18.3 Å². The van der Waals surface area contributed by atoms with Crippen LogP contribution in [0.1, 0.15) is 21.6 Å². The number of rotatable bonds is 7. The van der Waals surface area contributed by atoms with Crippen molar-refractivity contribution in [1.82, 2.24) is 19.6 Å². The second-order valence-electron chi connectivity index (χ2n) is 7.13. The molecule has 0 spiro atoms. The lowest BCUT2D eigenvalue weighted by atomic mass is 10.2. The molecule has 0 unspecified atom stereocenters. The van der Waals surface area contributed by atoms with Gasteiger partial charge in [0.2, 0.25) is 0 Å². The van der Waals surface area contributed by atoms with Crippen molar-refractivity contribution < 1.29 is 27.1 Å². The Balaban J connectivity index is 1.34. The van der Waals surface area contributed by atoms with Crippen molar-refractivity contribution in [3.05, 3.63) is 94.7 Å². The van der Waals surface area contributed by atoms with Gasteiger partial charge in [-0.15, -0.1) is 0 Å². The number of hydrogen-bond acceptors (Lipinski definition) is 4. The van der Waals surface area contributed by atoms with Gasteiger partial charge in [-0.2, -0.15) is 23.4 Å². The fourth-order valence-electron chi connectivity index (χ4n) is 2.98. The lowest BCUT2D eigenvalue weighted by molar-refractivity contribution is -0.137. The second-order valence-corrected chi connectivity index (χ2v) is 7.54. The molecular weight excluding hydrogens is 478 g/mol. The van der Waals surface area contributed by atoms with Crippen LogP contribution in [0, 0.1) is 5.82 Å². The third-order valence-electron chi connectivity index (χ3n) is 4.63. The highest BCUT2D eigenvalue weighted by Crippen LogP contribution is 2.31. The van der Waals surface area contributed by atoms with Gasteiger partial charge in [0.25, 0.3) is 5.91 Å². The number of nitrogens with one attached hydrogen (secondary N) is 1. The van der Waals surface area contributed by atoms with Crippen LogP contribution in [0.15, 0.2) is 67.0 Å². The third kappa shape index (κ3) is 5.73. The summed E-state index contributed by atoms with van der Waals surface area (Å²) < 4.78 is 59.7. The number of anilines is 1. The number of hydrogen-bond donors (Lipinski definition) is 1. The Bertz CT molecular complexity index is 1320. The summed E-state index contributed by atoms with van der Waals surface area (Å²) in [6.45, 7) is 0.0815. The van der Waals surface area contributed by atoms with Crippen molar-refractivity contribution in [2.75, 3.05) is 5.32 Å². The molecule has 0 saturated heterocycles. The molecule has 4 rings (SSSR count). The summed E-state index contributed by atoms with van der Waals surface area (Å²) in [4.78, 5) is 12.5. The van der Waals surface area contributed by atoms with E-state index in [0.29, 0.717) is 5.56 Å². The summed E-state index contributed by atoms with van der Waals surface area (Å²) >= 11 is 6.02. The molecule has 0 fully saturated rings. The van der Waals surface area contributed by atoms with E-state index in [4.69, 9.17) is 16.3 Å². The fourth-order valence-corrected chi connectivity index (χ4v) is 3.21. The van der Waals surface area contributed by atoms with Gasteiger partial charge in [0.05, 0.1) is 12.1 Å². The highest BCUT2D eigenvalue weighted by Gasteiger charge is 2.30. The average Bonchev–Trinajstić information content (AvgIpc) is 3.43. The van der Waals surface area contributed by atoms with Crippen LogP contribution < -0.4 is 10.1 Å². The predicted octanol–water partition coefficient (Wildman–Crippen LogP) is 5.23. The lowest BCUT2D eigenvalue weighted by Crippen LogP contribution is -2.15. The maximum Gasteiger partial charge on any atom is 0.416 e. The Labute approximate surface area is 195 Å². The molecular formula is C22H16ClF4N5O2. The second kappa shape index (κ2) is 9.56. The van der Waals surface area contributed by atoms with Crippen molar-refractivity contribution in [3.63, 3.8) is 0 Å². The number of carbonyl (C=O) groups is 1. The summed E-state index contributed by atoms with van der Waals surface area (Å²) in [7, 11) is 0. The molecule has 1 amide bonds. The first kappa shape index (κ1) is 23.3. The van der Waals surface area contributed by atoms with E-state index in [9.17, 15) is 22.4 Å². The molecule has 0 aliphatic carbocycles. The highest BCUT2D eigenvalue weighted by atomic mass is 35.5. The van der Waals surface area contributed by atoms with Gasteiger partial charge in [-0.05, 0) is 42.0 Å². The monoisotopic (exact) mass is 493 g/mol. The molecule has 4 aromatic rings. The number of aromatic nitrogens is 4. The van der Waals surface area contributed by atoms with Crippen LogP contribution >= 0.6 is 11.6 Å². The minimum atomic E-state index is -4.48. The van der Waals surface area contributed by atoms with Gasteiger partial charge in [-0.1, -0.05) is 23.7 Å². The standard InChI is InChI=1S/C22H16ClF4N5O2/c23-18-11-16(24)5-4-14(18)12-31-9-7-20(30-31)28-21(33)19-6-8-32(29-19)13-34-17-3-1-2-15(10-17)22(25,26)27/h1-11H,12-13H2,(H,28,30,33). The van der Waals surface area contributed by atoms with Crippen LogP contribution in [0.3, 0.4) is 0 Å². The van der Waals surface area contributed by atoms with Crippen LogP contribution in [0.5, 0.6) is 5.75 Å².